The molecule has 1 aliphatic rings. The first-order chi connectivity index (χ1) is 9.80. The number of nitrogens with two attached hydrogens (primary N) is 1. The van der Waals surface area contributed by atoms with Crippen molar-refractivity contribution in [2.24, 2.45) is 0 Å². The van der Waals surface area contributed by atoms with E-state index in [1.807, 2.05) is 13.8 Å². The van der Waals surface area contributed by atoms with Gasteiger partial charge in [0.2, 0.25) is 0 Å². The minimum atomic E-state index is -3.41. The normalized spacial score (nSPS) is 17.9. The number of anilines is 2. The van der Waals surface area contributed by atoms with Crippen LogP contribution in [0.15, 0.2) is 4.90 Å². The summed E-state index contributed by atoms with van der Waals surface area (Å²) in [6.07, 6.45) is 7.95. The Morgan fingerprint density at radius 1 is 1.24 bits per heavy atom. The van der Waals surface area contributed by atoms with E-state index in [1.165, 1.54) is 19.1 Å². The molecular weight excluding hydrogens is 288 g/mol. The summed E-state index contributed by atoms with van der Waals surface area (Å²) in [6, 6.07) is 0.304. The van der Waals surface area contributed by atoms with Crippen molar-refractivity contribution in [1.29, 1.82) is 0 Å². The maximum absolute atomic E-state index is 12.0. The second-order valence-electron chi connectivity index (χ2n) is 6.22. The van der Waals surface area contributed by atoms with Gasteiger partial charge in [-0.05, 0) is 26.7 Å². The second kappa shape index (κ2) is 6.25. The lowest BCUT2D eigenvalue weighted by Gasteiger charge is -2.16. The highest BCUT2D eigenvalue weighted by Crippen LogP contribution is 2.34. The van der Waals surface area contributed by atoms with Crippen LogP contribution in [0.1, 0.15) is 58.4 Å². The summed E-state index contributed by atoms with van der Waals surface area (Å²) in [4.78, 5) is 0.139. The number of sulfone groups is 1. The van der Waals surface area contributed by atoms with Gasteiger partial charge in [0.1, 0.15) is 5.82 Å². The molecule has 21 heavy (non-hydrogen) atoms. The number of nitrogens with zero attached hydrogens (tertiary/aromatic N) is 2. The number of nitrogen functional groups attached to an aromatic ring is 1. The number of nitrogens with one attached hydrogen (secondary N) is 1. The lowest BCUT2D eigenvalue weighted by Crippen LogP contribution is -2.14. The molecule has 0 spiro atoms. The van der Waals surface area contributed by atoms with Crippen LogP contribution >= 0.6 is 0 Å². The molecule has 0 aromatic carbocycles. The van der Waals surface area contributed by atoms with Gasteiger partial charge in [-0.15, -0.1) is 0 Å². The Labute approximate surface area is 127 Å². The van der Waals surface area contributed by atoms with Crippen molar-refractivity contribution in [1.82, 2.24) is 9.78 Å². The van der Waals surface area contributed by atoms with Crippen LogP contribution in [0.2, 0.25) is 0 Å². The largest absolute Gasteiger partial charge is 0.383 e. The summed E-state index contributed by atoms with van der Waals surface area (Å²) in [5.41, 5.74) is 6.13. The van der Waals surface area contributed by atoms with Crippen molar-refractivity contribution in [2.75, 3.05) is 17.3 Å². The molecule has 1 aromatic rings. The predicted octanol–water partition coefficient (Wildman–Crippen LogP) is 2.58. The van der Waals surface area contributed by atoms with Crippen molar-refractivity contribution >= 4 is 21.5 Å². The Morgan fingerprint density at radius 3 is 2.29 bits per heavy atom. The zero-order chi connectivity index (χ0) is 15.6. The topological polar surface area (TPSA) is 90.0 Å². The molecule has 0 amide bonds. The molecule has 120 valence electrons. The third-order valence-electron chi connectivity index (χ3n) is 3.87. The van der Waals surface area contributed by atoms with Crippen LogP contribution < -0.4 is 11.1 Å². The first-order valence-electron chi connectivity index (χ1n) is 7.65. The molecule has 0 aliphatic heterocycles. The maximum atomic E-state index is 12.0. The van der Waals surface area contributed by atoms with Crippen molar-refractivity contribution in [3.63, 3.8) is 0 Å². The van der Waals surface area contributed by atoms with Gasteiger partial charge < -0.3 is 11.1 Å². The maximum Gasteiger partial charge on any atom is 0.182 e. The summed E-state index contributed by atoms with van der Waals surface area (Å²) >= 11 is 0. The van der Waals surface area contributed by atoms with Crippen molar-refractivity contribution in [3.05, 3.63) is 0 Å². The second-order valence-corrected chi connectivity index (χ2v) is 8.18. The Kier molecular flexibility index (Phi) is 4.81. The van der Waals surface area contributed by atoms with E-state index in [9.17, 15) is 8.42 Å². The fourth-order valence-electron chi connectivity index (χ4n) is 2.95. The monoisotopic (exact) mass is 314 g/mol. The summed E-state index contributed by atoms with van der Waals surface area (Å²) in [6.45, 7) is 3.90. The number of rotatable bonds is 4. The number of hydrogen-bond acceptors (Lipinski definition) is 5. The quantitative estimate of drug-likeness (QED) is 0.834. The van der Waals surface area contributed by atoms with Crippen LogP contribution in [0.4, 0.5) is 11.6 Å². The van der Waals surface area contributed by atoms with E-state index >= 15 is 0 Å². The van der Waals surface area contributed by atoms with Crippen LogP contribution in [0, 0.1) is 0 Å². The van der Waals surface area contributed by atoms with E-state index in [-0.39, 0.29) is 22.8 Å². The average molecular weight is 314 g/mol. The standard InChI is InChI=1S/C14H26N4O2S/c1-10(2)16-14-12(21(3,19)20)13(15)18(17-14)11-8-6-4-5-7-9-11/h10-11H,4-9,15H2,1-3H3,(H,16,17). The van der Waals surface area contributed by atoms with E-state index in [2.05, 4.69) is 10.4 Å². The van der Waals surface area contributed by atoms with Gasteiger partial charge in [0, 0.05) is 12.3 Å². The Hall–Kier alpha value is -1.24. The third kappa shape index (κ3) is 3.70. The summed E-state index contributed by atoms with van der Waals surface area (Å²) < 4.78 is 25.8. The van der Waals surface area contributed by atoms with Crippen LogP contribution in [0.3, 0.4) is 0 Å². The van der Waals surface area contributed by atoms with Gasteiger partial charge in [0.25, 0.3) is 0 Å². The van der Waals surface area contributed by atoms with Crippen LogP contribution in [0.5, 0.6) is 0 Å². The minimum Gasteiger partial charge on any atom is -0.383 e. The van der Waals surface area contributed by atoms with Gasteiger partial charge in [0.15, 0.2) is 20.6 Å². The zero-order valence-corrected chi connectivity index (χ0v) is 13.9. The molecule has 0 atom stereocenters. The molecule has 0 bridgehead atoms. The fraction of sp³-hybridized carbons (Fsp3) is 0.786. The van der Waals surface area contributed by atoms with E-state index in [4.69, 9.17) is 5.73 Å². The molecule has 0 saturated heterocycles. The highest BCUT2D eigenvalue weighted by atomic mass is 32.2. The van der Waals surface area contributed by atoms with Crippen molar-refractivity contribution in [3.8, 4) is 0 Å². The van der Waals surface area contributed by atoms with Crippen LogP contribution in [-0.2, 0) is 9.84 Å². The molecule has 1 aromatic heterocycles. The van der Waals surface area contributed by atoms with Gasteiger partial charge in [-0.25, -0.2) is 13.1 Å². The first-order valence-corrected chi connectivity index (χ1v) is 9.54. The summed E-state index contributed by atoms with van der Waals surface area (Å²) in [5.74, 6) is 0.654. The van der Waals surface area contributed by atoms with E-state index in [0.29, 0.717) is 5.82 Å². The lowest BCUT2D eigenvalue weighted by atomic mass is 10.1. The van der Waals surface area contributed by atoms with E-state index < -0.39 is 9.84 Å². The first kappa shape index (κ1) is 16.1. The van der Waals surface area contributed by atoms with Gasteiger partial charge >= 0.3 is 0 Å². The average Bonchev–Trinajstić information content (AvgIpc) is 2.55. The molecule has 0 radical (unpaired) electrons. The van der Waals surface area contributed by atoms with Gasteiger partial charge in [-0.2, -0.15) is 5.10 Å². The van der Waals surface area contributed by atoms with Gasteiger partial charge in [-0.1, -0.05) is 25.7 Å². The molecule has 7 heteroatoms. The molecule has 3 N–H and O–H groups in total. The molecule has 1 saturated carbocycles. The van der Waals surface area contributed by atoms with Gasteiger partial charge in [-0.3, -0.25) is 0 Å². The number of hydrogen-bond donors (Lipinski definition) is 2. The number of aromatic nitrogens is 2. The molecule has 1 aliphatic carbocycles. The molecule has 1 fully saturated rings. The van der Waals surface area contributed by atoms with Crippen LogP contribution in [-0.4, -0.2) is 30.5 Å². The molecule has 1 heterocycles. The predicted molar refractivity (Wildman–Crippen MR) is 85.2 cm³/mol. The summed E-state index contributed by atoms with van der Waals surface area (Å²) in [5, 5.41) is 7.59. The van der Waals surface area contributed by atoms with Gasteiger partial charge in [0.05, 0.1) is 6.04 Å². The third-order valence-corrected chi connectivity index (χ3v) is 5.01. The molecule has 2 rings (SSSR count). The fourth-order valence-corrected chi connectivity index (χ4v) is 3.87. The highest BCUT2D eigenvalue weighted by molar-refractivity contribution is 7.91. The van der Waals surface area contributed by atoms with Crippen molar-refractivity contribution < 1.29 is 8.42 Å². The molecule has 6 nitrogen and oxygen atoms in total. The zero-order valence-electron chi connectivity index (χ0n) is 13.1. The lowest BCUT2D eigenvalue weighted by molar-refractivity contribution is 0.411. The minimum absolute atomic E-state index is 0.0994. The Morgan fingerprint density at radius 2 is 1.81 bits per heavy atom. The van der Waals surface area contributed by atoms with E-state index in [1.54, 1.807) is 4.68 Å². The van der Waals surface area contributed by atoms with E-state index in [0.717, 1.165) is 25.7 Å². The Bertz CT molecular complexity index is 584. The van der Waals surface area contributed by atoms with Crippen molar-refractivity contribution in [2.45, 2.75) is 69.4 Å². The highest BCUT2D eigenvalue weighted by Gasteiger charge is 2.28. The molecule has 0 unspecified atom stereocenters. The SMILES string of the molecule is CC(C)Nc1nn(C2CCCCCC2)c(N)c1S(C)(=O)=O. The van der Waals surface area contributed by atoms with Crippen LogP contribution in [0.25, 0.3) is 0 Å². The summed E-state index contributed by atoms with van der Waals surface area (Å²) in [7, 11) is -3.41. The smallest absolute Gasteiger partial charge is 0.182 e. The molecular formula is C14H26N4O2S. The Balaban J connectivity index is 2.45.